The monoisotopic (exact) mass is 1270 g/mol. The van der Waals surface area contributed by atoms with Gasteiger partial charge in [-0.1, -0.05) is 25.3 Å². The molecule has 490 valence electrons. The van der Waals surface area contributed by atoms with Crippen molar-refractivity contribution >= 4 is 76.1 Å². The Bertz CT molecular complexity index is 3640. The van der Waals surface area contributed by atoms with E-state index >= 15 is 0 Å². The van der Waals surface area contributed by atoms with Gasteiger partial charge in [-0.15, -0.1) is 0 Å². The van der Waals surface area contributed by atoms with Crippen LogP contribution in [0.5, 0.6) is 23.0 Å². The van der Waals surface area contributed by atoms with Gasteiger partial charge >= 0.3 is 12.2 Å². The largest absolute Gasteiger partial charge is 0.493 e. The molecule has 0 bridgehead atoms. The molecule has 4 N–H and O–H groups in total. The van der Waals surface area contributed by atoms with Gasteiger partial charge in [0.2, 0.25) is 11.7 Å². The van der Waals surface area contributed by atoms with E-state index in [1.165, 1.54) is 70.9 Å². The lowest BCUT2D eigenvalue weighted by atomic mass is 10.1. The average molecular weight is 1270 g/mol. The first-order valence-electron chi connectivity index (χ1n) is 30.6. The van der Waals surface area contributed by atoms with E-state index in [-0.39, 0.29) is 132 Å². The number of unbranched alkanes of at least 4 members (excludes halogenated alkanes) is 1. The number of ketones is 1. The third kappa shape index (κ3) is 14.1. The van der Waals surface area contributed by atoms with Crippen LogP contribution in [0.1, 0.15) is 129 Å². The Balaban J connectivity index is 0.700. The normalized spacial score (nSPS) is 19.1. The van der Waals surface area contributed by atoms with E-state index in [4.69, 9.17) is 37.9 Å². The van der Waals surface area contributed by atoms with Crippen molar-refractivity contribution in [2.45, 2.75) is 108 Å². The Hall–Kier alpha value is -9.67. The second kappa shape index (κ2) is 29.1. The third-order valence-corrected chi connectivity index (χ3v) is 16.6. The molecule has 0 radical (unpaired) electrons. The molecule has 8 heterocycles. The van der Waals surface area contributed by atoms with Crippen molar-refractivity contribution in [1.82, 2.24) is 28.5 Å². The van der Waals surface area contributed by atoms with Gasteiger partial charge in [-0.05, 0) is 88.5 Å². The maximum absolute atomic E-state index is 14.2. The number of Topliss-reactive ketones (excluding diaryl/α,β-unsaturated/α-hetero) is 1. The number of imidazole rings is 1. The molecule has 0 spiro atoms. The number of aromatic nitrogens is 4. The zero-order valence-electron chi connectivity index (χ0n) is 52.1. The highest BCUT2D eigenvalue weighted by atomic mass is 16.7. The summed E-state index contributed by atoms with van der Waals surface area (Å²) in [6, 6.07) is 7.99. The fourth-order valence-electron chi connectivity index (χ4n) is 12.2. The van der Waals surface area contributed by atoms with Gasteiger partial charge in [0, 0.05) is 84.4 Å². The molecule has 5 atom stereocenters. The summed E-state index contributed by atoms with van der Waals surface area (Å²) in [5.74, 6) is -1.45. The standard InChI is InChI=1S/C64H77N11O17/c1-8-24-90-63(83)74-44-33-51(49(85-6)31-40(44)59(80)72-22-14-17-42(72)61(74)82)87-26-12-10-19-48(76)46-29-39(36-69(46)3)66-58(79)56-67-53(37-71(56)5)68-57(78)47-30-38(35-70(47)4)65-54(77)20-16-28-88-52-34-45-41(32-50(52)86-7)60(81)73-23-15-18-43(73)62(75(45)64(84)91-25-9-2)92-55-21-11-13-27-89-55/h8-9,29-37,42-43,55,61-62,82H,1-2,10-28H2,3-7H3,(H,65,77)(H,66,79)(H,68,78)/t42-,43-,55?,61-,62-/m0/s1. The number of fused-ring (bicyclic) bond motifs is 4. The van der Waals surface area contributed by atoms with Gasteiger partial charge in [0.25, 0.3) is 23.6 Å². The van der Waals surface area contributed by atoms with Crippen LogP contribution in [0, 0.1) is 0 Å². The topological polar surface area (TPSA) is 307 Å². The molecule has 2 aromatic carbocycles. The maximum atomic E-state index is 14.2. The number of ether oxygens (including phenoxy) is 8. The molecule has 92 heavy (non-hydrogen) atoms. The second-order valence-corrected chi connectivity index (χ2v) is 22.8. The van der Waals surface area contributed by atoms with E-state index in [1.54, 1.807) is 60.0 Å². The van der Waals surface area contributed by atoms with Crippen molar-refractivity contribution in [3.63, 3.8) is 0 Å². The highest BCUT2D eigenvalue weighted by molar-refractivity contribution is 6.08. The highest BCUT2D eigenvalue weighted by Crippen LogP contribution is 2.44. The van der Waals surface area contributed by atoms with Gasteiger partial charge in [0.15, 0.2) is 53.3 Å². The number of nitrogens with one attached hydrogen (secondary N) is 3. The van der Waals surface area contributed by atoms with Gasteiger partial charge in [-0.3, -0.25) is 28.8 Å². The Labute approximate surface area is 530 Å². The highest BCUT2D eigenvalue weighted by Gasteiger charge is 2.49. The van der Waals surface area contributed by atoms with Crippen LogP contribution >= 0.6 is 0 Å². The number of carbonyl (C=O) groups excluding carboxylic acids is 8. The molecule has 5 aliphatic rings. The zero-order valence-corrected chi connectivity index (χ0v) is 52.1. The van der Waals surface area contributed by atoms with E-state index in [0.717, 1.165) is 17.7 Å². The Kier molecular flexibility index (Phi) is 20.6. The van der Waals surface area contributed by atoms with Crippen LogP contribution in [0.2, 0.25) is 0 Å². The van der Waals surface area contributed by atoms with Crippen LogP contribution in [0.4, 0.5) is 38.2 Å². The lowest BCUT2D eigenvalue weighted by Crippen LogP contribution is -2.54. The van der Waals surface area contributed by atoms with Crippen molar-refractivity contribution in [1.29, 1.82) is 0 Å². The SMILES string of the molecule is C=CCOC(=O)N1c2cc(OCCCCC(=O)c3cc(NC(=O)c4nc(NC(=O)c5cc(NC(=O)CCCOc6cc7c(cc6OC)C(=O)N6CCC[C@H]6[C@H](OC6CCCCO6)N7C(=O)OCC=C)cn5C)cn4C)cn3C)c(OC)cc2C(=O)N2CCC[C@H]2[C@@H]1O. The Morgan fingerprint density at radius 2 is 1.23 bits per heavy atom. The van der Waals surface area contributed by atoms with Crippen LogP contribution in [0.15, 0.2) is 80.3 Å². The molecule has 7 amide bonds. The number of aliphatic hydroxyl groups is 1. The van der Waals surface area contributed by atoms with Crippen molar-refractivity contribution in [3.05, 3.63) is 109 Å². The van der Waals surface area contributed by atoms with Crippen molar-refractivity contribution in [2.75, 3.05) is 86.1 Å². The van der Waals surface area contributed by atoms with Gasteiger partial charge < -0.3 is 82.5 Å². The number of methoxy groups -OCH3 is 2. The number of hydrogen-bond acceptors (Lipinski definition) is 18. The fourth-order valence-corrected chi connectivity index (χ4v) is 12.2. The molecule has 28 nitrogen and oxygen atoms in total. The van der Waals surface area contributed by atoms with Gasteiger partial charge in [-0.25, -0.2) is 24.4 Å². The summed E-state index contributed by atoms with van der Waals surface area (Å²) in [7, 11) is 7.76. The lowest BCUT2D eigenvalue weighted by molar-refractivity contribution is -0.195. The summed E-state index contributed by atoms with van der Waals surface area (Å²) in [6.45, 7) is 8.65. The quantitative estimate of drug-likeness (QED) is 0.0249. The Morgan fingerprint density at radius 1 is 0.641 bits per heavy atom. The van der Waals surface area contributed by atoms with Crippen LogP contribution in [0.3, 0.4) is 0 Å². The number of benzene rings is 2. The average Bonchev–Trinajstić information content (AvgIpc) is 1.58. The molecule has 28 heteroatoms. The second-order valence-electron chi connectivity index (χ2n) is 22.8. The zero-order chi connectivity index (χ0) is 65.3. The number of aliphatic hydroxyl groups excluding tert-OH is 1. The van der Waals surface area contributed by atoms with Gasteiger partial charge in [0.05, 0.1) is 79.1 Å². The summed E-state index contributed by atoms with van der Waals surface area (Å²) in [4.78, 5) is 119. The van der Waals surface area contributed by atoms with E-state index in [9.17, 15) is 43.5 Å². The molecule has 3 aromatic heterocycles. The molecule has 5 aliphatic heterocycles. The number of anilines is 5. The lowest BCUT2D eigenvalue weighted by Gasteiger charge is -2.38. The van der Waals surface area contributed by atoms with Crippen LogP contribution in [-0.4, -0.2) is 172 Å². The summed E-state index contributed by atoms with van der Waals surface area (Å²) in [5.41, 5.74) is 1.85. The number of rotatable bonds is 25. The first-order valence-corrected chi connectivity index (χ1v) is 30.6. The van der Waals surface area contributed by atoms with Gasteiger partial charge in [0.1, 0.15) is 18.9 Å². The van der Waals surface area contributed by atoms with Crippen molar-refractivity contribution in [2.24, 2.45) is 21.1 Å². The van der Waals surface area contributed by atoms with Crippen LogP contribution < -0.4 is 44.7 Å². The number of nitrogens with zero attached hydrogens (tertiary/aromatic N) is 8. The van der Waals surface area contributed by atoms with E-state index in [1.807, 2.05) is 0 Å². The molecule has 3 fully saturated rings. The van der Waals surface area contributed by atoms with Crippen LogP contribution in [0.25, 0.3) is 0 Å². The smallest absolute Gasteiger partial charge is 0.416 e. The van der Waals surface area contributed by atoms with Crippen molar-refractivity contribution < 1.29 is 81.4 Å². The van der Waals surface area contributed by atoms with E-state index in [0.29, 0.717) is 81.7 Å². The number of amides is 7. The maximum Gasteiger partial charge on any atom is 0.416 e. The molecular weight excluding hydrogens is 1190 g/mol. The molecule has 0 saturated carbocycles. The first kappa shape index (κ1) is 65.3. The number of hydrogen-bond donors (Lipinski definition) is 4. The van der Waals surface area contributed by atoms with Gasteiger partial charge in [-0.2, -0.15) is 0 Å². The summed E-state index contributed by atoms with van der Waals surface area (Å²) in [6.07, 6.45) is 9.08. The predicted molar refractivity (Wildman–Crippen MR) is 334 cm³/mol. The minimum atomic E-state index is -1.38. The molecule has 0 aliphatic carbocycles. The number of carbonyl (C=O) groups is 8. The molecule has 1 unspecified atom stereocenters. The van der Waals surface area contributed by atoms with Crippen LogP contribution in [-0.2, 0) is 44.9 Å². The molecule has 3 saturated heterocycles. The third-order valence-electron chi connectivity index (χ3n) is 16.6. The van der Waals surface area contributed by atoms with E-state index < -0.39 is 54.8 Å². The summed E-state index contributed by atoms with van der Waals surface area (Å²) < 4.78 is 51.5. The molecular formula is C64H77N11O17. The summed E-state index contributed by atoms with van der Waals surface area (Å²) >= 11 is 0. The van der Waals surface area contributed by atoms with Crippen molar-refractivity contribution in [3.8, 4) is 23.0 Å². The first-order chi connectivity index (χ1) is 44.4. The molecule has 5 aromatic rings. The predicted octanol–water partition coefficient (Wildman–Crippen LogP) is 7.53. The minimum absolute atomic E-state index is 0.0144. The summed E-state index contributed by atoms with van der Waals surface area (Å²) in [5, 5.41) is 19.7. The fraction of sp³-hybridized carbons (Fsp3) is 0.453. The van der Waals surface area contributed by atoms with E-state index in [2.05, 4.69) is 34.1 Å². The number of aryl methyl sites for hydroxylation is 3. The molecule has 10 rings (SSSR count). The Morgan fingerprint density at radius 3 is 1.86 bits per heavy atom. The minimum Gasteiger partial charge on any atom is -0.493 e.